The number of carbonyl (C=O) groups excluding carboxylic acids is 3. The van der Waals surface area contributed by atoms with Crippen molar-refractivity contribution in [1.82, 2.24) is 10.3 Å². The highest BCUT2D eigenvalue weighted by Gasteiger charge is 2.17. The number of thioether (sulfide) groups is 1. The van der Waals surface area contributed by atoms with Crippen LogP contribution in [0.2, 0.25) is 0 Å². The number of benzene rings is 3. The van der Waals surface area contributed by atoms with E-state index in [0.29, 0.717) is 22.5 Å². The lowest BCUT2D eigenvalue weighted by Gasteiger charge is -2.13. The topological polar surface area (TPSA) is 143 Å². The largest absolute Gasteiger partial charge is 0.325 e. The Hall–Kier alpha value is -5.29. The molecule has 41 heavy (non-hydrogen) atoms. The molecule has 4 aromatic rings. The van der Waals surface area contributed by atoms with Crippen LogP contribution in [0.15, 0.2) is 114 Å². The number of pyridine rings is 1. The van der Waals surface area contributed by atoms with Crippen LogP contribution in [0.1, 0.15) is 22.8 Å². The predicted octanol–water partition coefficient (Wildman–Crippen LogP) is 5.52. The second kappa shape index (κ2) is 13.7. The Morgan fingerprint density at radius 1 is 0.878 bits per heavy atom. The second-order valence-corrected chi connectivity index (χ2v) is 10.1. The summed E-state index contributed by atoms with van der Waals surface area (Å²) in [5.41, 5.74) is 1.98. The number of nitrogens with one attached hydrogen (secondary N) is 3. The molecule has 10 nitrogen and oxygen atoms in total. The lowest BCUT2D eigenvalue weighted by Crippen LogP contribution is -2.30. The Morgan fingerprint density at radius 3 is 2.17 bits per heavy atom. The minimum atomic E-state index is -0.519. The molecule has 3 aromatic carbocycles. The van der Waals surface area contributed by atoms with Crippen molar-refractivity contribution in [2.75, 3.05) is 10.6 Å². The van der Waals surface area contributed by atoms with Crippen molar-refractivity contribution in [1.29, 1.82) is 0 Å². The third kappa shape index (κ3) is 8.35. The molecule has 0 saturated heterocycles. The van der Waals surface area contributed by atoms with Gasteiger partial charge in [0.1, 0.15) is 5.70 Å². The number of anilines is 2. The van der Waals surface area contributed by atoms with Crippen molar-refractivity contribution in [3.8, 4) is 0 Å². The number of nitro benzene ring substituents is 1. The first-order chi connectivity index (χ1) is 19.8. The molecule has 0 aliphatic rings. The van der Waals surface area contributed by atoms with Crippen LogP contribution in [0, 0.1) is 10.1 Å². The number of rotatable bonds is 10. The molecular weight excluding hydrogens is 542 g/mol. The predicted molar refractivity (Wildman–Crippen MR) is 158 cm³/mol. The van der Waals surface area contributed by atoms with E-state index in [1.165, 1.54) is 36.0 Å². The Bertz CT molecular complexity index is 1560. The Labute approximate surface area is 240 Å². The molecule has 11 heteroatoms. The summed E-state index contributed by atoms with van der Waals surface area (Å²) >= 11 is 1.31. The summed E-state index contributed by atoms with van der Waals surface area (Å²) in [4.78, 5) is 53.6. The monoisotopic (exact) mass is 567 g/mol. The van der Waals surface area contributed by atoms with Gasteiger partial charge in [0.05, 0.1) is 10.2 Å². The molecule has 1 heterocycles. The minimum Gasteiger partial charge on any atom is -0.325 e. The van der Waals surface area contributed by atoms with E-state index in [2.05, 4.69) is 20.9 Å². The van der Waals surface area contributed by atoms with Crippen molar-refractivity contribution in [3.05, 3.63) is 130 Å². The van der Waals surface area contributed by atoms with Gasteiger partial charge in [-0.2, -0.15) is 0 Å². The number of carbonyl (C=O) groups is 3. The van der Waals surface area contributed by atoms with Gasteiger partial charge in [-0.05, 0) is 73.2 Å². The van der Waals surface area contributed by atoms with Gasteiger partial charge in [0.2, 0.25) is 5.91 Å². The summed E-state index contributed by atoms with van der Waals surface area (Å²) in [6.45, 7) is 1.74. The Morgan fingerprint density at radius 2 is 1.54 bits per heavy atom. The van der Waals surface area contributed by atoms with Crippen molar-refractivity contribution < 1.29 is 19.3 Å². The average molecular weight is 568 g/mol. The van der Waals surface area contributed by atoms with Gasteiger partial charge in [-0.25, -0.2) is 0 Å². The summed E-state index contributed by atoms with van der Waals surface area (Å²) in [6, 6.07) is 24.6. The van der Waals surface area contributed by atoms with E-state index in [9.17, 15) is 24.5 Å². The fourth-order valence-corrected chi connectivity index (χ4v) is 4.42. The molecule has 0 aliphatic carbocycles. The quantitative estimate of drug-likeness (QED) is 0.0991. The highest BCUT2D eigenvalue weighted by molar-refractivity contribution is 8.00. The van der Waals surface area contributed by atoms with Gasteiger partial charge in [-0.15, -0.1) is 11.8 Å². The number of nitro groups is 1. The normalized spacial score (nSPS) is 11.7. The lowest BCUT2D eigenvalue weighted by molar-refractivity contribution is -0.384. The maximum atomic E-state index is 13.2. The maximum Gasteiger partial charge on any atom is 0.272 e. The van der Waals surface area contributed by atoms with Crippen LogP contribution < -0.4 is 16.0 Å². The van der Waals surface area contributed by atoms with E-state index in [4.69, 9.17) is 0 Å². The molecule has 0 saturated carbocycles. The van der Waals surface area contributed by atoms with Gasteiger partial charge in [0.25, 0.3) is 17.5 Å². The van der Waals surface area contributed by atoms with E-state index < -0.39 is 22.0 Å². The van der Waals surface area contributed by atoms with Crippen LogP contribution >= 0.6 is 11.8 Å². The second-order valence-electron chi connectivity index (χ2n) is 8.70. The molecule has 3 amide bonds. The first-order valence-corrected chi connectivity index (χ1v) is 13.3. The van der Waals surface area contributed by atoms with E-state index in [0.717, 1.165) is 4.90 Å². The van der Waals surface area contributed by atoms with Gasteiger partial charge in [0.15, 0.2) is 0 Å². The van der Waals surface area contributed by atoms with Gasteiger partial charge in [0, 0.05) is 46.4 Å². The molecule has 0 radical (unpaired) electrons. The van der Waals surface area contributed by atoms with Gasteiger partial charge in [-0.1, -0.05) is 24.3 Å². The molecule has 3 N–H and O–H groups in total. The van der Waals surface area contributed by atoms with Crippen molar-refractivity contribution >= 4 is 52.6 Å². The molecule has 0 fully saturated rings. The van der Waals surface area contributed by atoms with E-state index in [-0.39, 0.29) is 17.3 Å². The fourth-order valence-electron chi connectivity index (χ4n) is 3.55. The average Bonchev–Trinajstić information content (AvgIpc) is 2.99. The van der Waals surface area contributed by atoms with Crippen LogP contribution in [0.3, 0.4) is 0 Å². The summed E-state index contributed by atoms with van der Waals surface area (Å²) in [5.74, 6) is -1.21. The fraction of sp³-hybridized carbons (Fsp3) is 0.0667. The number of non-ortho nitro benzene ring substituents is 1. The summed E-state index contributed by atoms with van der Waals surface area (Å²) in [6.07, 6.45) is 4.73. The van der Waals surface area contributed by atoms with Gasteiger partial charge >= 0.3 is 0 Å². The van der Waals surface area contributed by atoms with Crippen LogP contribution in [0.4, 0.5) is 17.1 Å². The highest BCUT2D eigenvalue weighted by Crippen LogP contribution is 2.26. The van der Waals surface area contributed by atoms with Crippen LogP contribution in [-0.4, -0.2) is 32.9 Å². The molecule has 0 spiro atoms. The van der Waals surface area contributed by atoms with Crippen LogP contribution in [-0.2, 0) is 9.59 Å². The van der Waals surface area contributed by atoms with Crippen molar-refractivity contribution in [2.24, 2.45) is 0 Å². The number of hydrogen-bond donors (Lipinski definition) is 3. The molecule has 1 unspecified atom stereocenters. The van der Waals surface area contributed by atoms with E-state index >= 15 is 0 Å². The molecular formula is C30H25N5O5S. The molecule has 0 aliphatic heterocycles. The first-order valence-electron chi connectivity index (χ1n) is 12.4. The number of hydrogen-bond acceptors (Lipinski definition) is 7. The summed E-state index contributed by atoms with van der Waals surface area (Å²) in [5, 5.41) is 18.5. The number of nitrogens with zero attached hydrogens (tertiary/aromatic N) is 2. The molecule has 206 valence electrons. The Kier molecular flexibility index (Phi) is 9.57. The maximum absolute atomic E-state index is 13.2. The van der Waals surface area contributed by atoms with Crippen molar-refractivity contribution in [2.45, 2.75) is 17.1 Å². The van der Waals surface area contributed by atoms with Gasteiger partial charge < -0.3 is 16.0 Å². The molecule has 1 aromatic heterocycles. The zero-order chi connectivity index (χ0) is 29.2. The highest BCUT2D eigenvalue weighted by atomic mass is 32.2. The van der Waals surface area contributed by atoms with Crippen LogP contribution in [0.25, 0.3) is 6.08 Å². The standard InChI is InChI=1S/C30H25N5O5S/c1-20(28(36)32-23-9-13-25(14-10-23)35(39)40)41-26-15-11-24(12-16-26)33-30(38)27(18-21-6-5-17-31-19-21)34-29(37)22-7-3-2-4-8-22/h2-20H,1H3,(H,32,36)(H,33,38)(H,34,37)/b27-18-. The third-order valence-electron chi connectivity index (χ3n) is 5.66. The third-order valence-corrected chi connectivity index (χ3v) is 6.78. The zero-order valence-electron chi connectivity index (χ0n) is 21.8. The van der Waals surface area contributed by atoms with E-state index in [1.807, 2.05) is 0 Å². The van der Waals surface area contributed by atoms with Crippen molar-refractivity contribution in [3.63, 3.8) is 0 Å². The summed E-state index contributed by atoms with van der Waals surface area (Å²) < 4.78 is 0. The van der Waals surface area contributed by atoms with E-state index in [1.54, 1.807) is 92.1 Å². The van der Waals surface area contributed by atoms with Crippen LogP contribution in [0.5, 0.6) is 0 Å². The number of amides is 3. The zero-order valence-corrected chi connectivity index (χ0v) is 22.6. The molecule has 0 bridgehead atoms. The Balaban J connectivity index is 1.39. The number of aromatic nitrogens is 1. The molecule has 4 rings (SSSR count). The summed E-state index contributed by atoms with van der Waals surface area (Å²) in [7, 11) is 0. The lowest BCUT2D eigenvalue weighted by atomic mass is 10.2. The van der Waals surface area contributed by atoms with Gasteiger partial charge in [-0.3, -0.25) is 29.5 Å². The SMILES string of the molecule is CC(Sc1ccc(NC(=O)/C(=C/c2cccnc2)NC(=O)c2ccccc2)cc1)C(=O)Nc1ccc([N+](=O)[O-])cc1. The smallest absolute Gasteiger partial charge is 0.272 e. The first kappa shape index (κ1) is 28.7. The minimum absolute atomic E-state index is 0.0434. The molecule has 1 atom stereocenters.